The highest BCUT2D eigenvalue weighted by molar-refractivity contribution is 5.76. The van der Waals surface area contributed by atoms with Crippen molar-refractivity contribution in [3.63, 3.8) is 0 Å². The van der Waals surface area contributed by atoms with Gasteiger partial charge >= 0.3 is 5.97 Å². The minimum absolute atomic E-state index is 0.566. The average molecular weight is 220 g/mol. The zero-order valence-electron chi connectivity index (χ0n) is 9.39. The molecule has 0 saturated carbocycles. The topological polar surface area (TPSA) is 53.4 Å². The fraction of sp³-hybridized carbons (Fsp3) is 0.500. The maximum atomic E-state index is 11.3. The molecule has 1 aliphatic rings. The number of hydrogen-bond acceptors (Lipinski definition) is 3. The Bertz CT molecular complexity index is 380. The Labute approximate surface area is 94.9 Å². The highest BCUT2D eigenvalue weighted by Gasteiger charge is 2.43. The van der Waals surface area contributed by atoms with Gasteiger partial charge in [0.2, 0.25) is 0 Å². The van der Waals surface area contributed by atoms with E-state index in [1.54, 1.807) is 12.4 Å². The molecular formula is C12H16N2O2. The molecule has 16 heavy (non-hydrogen) atoms. The minimum Gasteiger partial charge on any atom is -0.481 e. The van der Waals surface area contributed by atoms with E-state index >= 15 is 0 Å². The molecular weight excluding hydrogens is 204 g/mol. The Morgan fingerprint density at radius 2 is 2.25 bits per heavy atom. The van der Waals surface area contributed by atoms with Crippen molar-refractivity contribution in [2.45, 2.75) is 19.8 Å². The van der Waals surface area contributed by atoms with Gasteiger partial charge < -0.3 is 10.0 Å². The van der Waals surface area contributed by atoms with E-state index in [0.29, 0.717) is 13.0 Å². The lowest BCUT2D eigenvalue weighted by atomic mass is 9.84. The molecule has 0 radical (unpaired) electrons. The van der Waals surface area contributed by atoms with E-state index in [1.165, 1.54) is 0 Å². The standard InChI is InChI=1S/C12H16N2O2/c1-2-12(11(15)16)5-8-14(9-12)10-3-6-13-7-4-10/h3-4,6-7H,2,5,8-9H2,1H3,(H,15,16). The number of carboxylic acid groups (broad SMARTS) is 1. The second kappa shape index (κ2) is 4.12. The number of rotatable bonds is 3. The van der Waals surface area contributed by atoms with Gasteiger partial charge in [0.05, 0.1) is 5.41 Å². The number of anilines is 1. The van der Waals surface area contributed by atoms with Crippen molar-refractivity contribution in [3.05, 3.63) is 24.5 Å². The second-order valence-corrected chi connectivity index (χ2v) is 4.32. The minimum atomic E-state index is -0.674. The van der Waals surface area contributed by atoms with Crippen molar-refractivity contribution >= 4 is 11.7 Å². The summed E-state index contributed by atoms with van der Waals surface area (Å²) in [6, 6.07) is 3.85. The Balaban J connectivity index is 2.17. The first-order chi connectivity index (χ1) is 7.68. The highest BCUT2D eigenvalue weighted by Crippen LogP contribution is 2.36. The quantitative estimate of drug-likeness (QED) is 0.843. The lowest BCUT2D eigenvalue weighted by Gasteiger charge is -2.24. The van der Waals surface area contributed by atoms with Crippen LogP contribution in [0.25, 0.3) is 0 Å². The van der Waals surface area contributed by atoms with E-state index in [2.05, 4.69) is 9.88 Å². The van der Waals surface area contributed by atoms with Crippen molar-refractivity contribution in [3.8, 4) is 0 Å². The number of nitrogens with zero attached hydrogens (tertiary/aromatic N) is 2. The van der Waals surface area contributed by atoms with Crippen LogP contribution in [0.2, 0.25) is 0 Å². The Kier molecular flexibility index (Phi) is 2.81. The molecule has 0 spiro atoms. The second-order valence-electron chi connectivity index (χ2n) is 4.32. The highest BCUT2D eigenvalue weighted by atomic mass is 16.4. The molecule has 86 valence electrons. The fourth-order valence-electron chi connectivity index (χ4n) is 2.26. The fourth-order valence-corrected chi connectivity index (χ4v) is 2.26. The zero-order chi connectivity index (χ0) is 11.6. The average Bonchev–Trinajstić information content (AvgIpc) is 2.76. The Hall–Kier alpha value is -1.58. The van der Waals surface area contributed by atoms with Gasteiger partial charge in [0, 0.05) is 31.2 Å². The molecule has 0 bridgehead atoms. The third-order valence-electron chi connectivity index (χ3n) is 3.51. The molecule has 1 fully saturated rings. The van der Waals surface area contributed by atoms with Gasteiger partial charge in [-0.05, 0) is 25.0 Å². The maximum Gasteiger partial charge on any atom is 0.311 e. The number of hydrogen-bond donors (Lipinski definition) is 1. The van der Waals surface area contributed by atoms with Gasteiger partial charge in [-0.25, -0.2) is 0 Å². The molecule has 1 aromatic rings. The summed E-state index contributed by atoms with van der Waals surface area (Å²) in [6.45, 7) is 3.36. The summed E-state index contributed by atoms with van der Waals surface area (Å²) >= 11 is 0. The predicted molar refractivity (Wildman–Crippen MR) is 61.4 cm³/mol. The number of carbonyl (C=O) groups is 1. The van der Waals surface area contributed by atoms with Gasteiger partial charge in [-0.15, -0.1) is 0 Å². The van der Waals surface area contributed by atoms with Crippen LogP contribution in [0, 0.1) is 5.41 Å². The molecule has 0 aromatic carbocycles. The molecule has 2 heterocycles. The van der Waals surface area contributed by atoms with Gasteiger partial charge in [-0.1, -0.05) is 6.92 Å². The van der Waals surface area contributed by atoms with Gasteiger partial charge in [-0.2, -0.15) is 0 Å². The predicted octanol–water partition coefficient (Wildman–Crippen LogP) is 1.77. The molecule has 4 nitrogen and oxygen atoms in total. The van der Waals surface area contributed by atoms with Crippen molar-refractivity contribution in [1.29, 1.82) is 0 Å². The Morgan fingerprint density at radius 3 is 2.75 bits per heavy atom. The summed E-state index contributed by atoms with van der Waals surface area (Å²) < 4.78 is 0. The zero-order valence-corrected chi connectivity index (χ0v) is 9.39. The molecule has 0 aliphatic carbocycles. The van der Waals surface area contributed by atoms with Crippen LogP contribution >= 0.6 is 0 Å². The summed E-state index contributed by atoms with van der Waals surface area (Å²) in [5.41, 5.74) is 0.495. The van der Waals surface area contributed by atoms with E-state index in [1.807, 2.05) is 19.1 Å². The van der Waals surface area contributed by atoms with Gasteiger partial charge in [0.1, 0.15) is 0 Å². The van der Waals surface area contributed by atoms with E-state index in [9.17, 15) is 9.90 Å². The molecule has 1 saturated heterocycles. The van der Waals surface area contributed by atoms with Crippen LogP contribution in [-0.2, 0) is 4.79 Å². The lowest BCUT2D eigenvalue weighted by molar-refractivity contribution is -0.147. The van der Waals surface area contributed by atoms with Gasteiger partial charge in [0.15, 0.2) is 0 Å². The summed E-state index contributed by atoms with van der Waals surface area (Å²) in [5, 5.41) is 9.29. The van der Waals surface area contributed by atoms with Crippen molar-refractivity contribution in [2.24, 2.45) is 5.41 Å². The summed E-state index contributed by atoms with van der Waals surface area (Å²) in [5.74, 6) is -0.674. The molecule has 1 N–H and O–H groups in total. The first-order valence-corrected chi connectivity index (χ1v) is 5.56. The van der Waals surface area contributed by atoms with E-state index in [4.69, 9.17) is 0 Å². The largest absolute Gasteiger partial charge is 0.481 e. The smallest absolute Gasteiger partial charge is 0.311 e. The number of aliphatic carboxylic acids is 1. The SMILES string of the molecule is CCC1(C(=O)O)CCN(c2ccncc2)C1. The van der Waals surface area contributed by atoms with Crippen LogP contribution in [0.4, 0.5) is 5.69 Å². The van der Waals surface area contributed by atoms with Gasteiger partial charge in [0.25, 0.3) is 0 Å². The van der Waals surface area contributed by atoms with Gasteiger partial charge in [-0.3, -0.25) is 9.78 Å². The van der Waals surface area contributed by atoms with E-state index < -0.39 is 11.4 Å². The van der Waals surface area contributed by atoms with Crippen LogP contribution in [0.15, 0.2) is 24.5 Å². The number of aromatic nitrogens is 1. The molecule has 1 aliphatic heterocycles. The first-order valence-electron chi connectivity index (χ1n) is 5.56. The summed E-state index contributed by atoms with van der Waals surface area (Å²) in [4.78, 5) is 17.4. The molecule has 1 unspecified atom stereocenters. The lowest BCUT2D eigenvalue weighted by Crippen LogP contribution is -2.34. The maximum absolute atomic E-state index is 11.3. The van der Waals surface area contributed by atoms with Crippen molar-refractivity contribution in [2.75, 3.05) is 18.0 Å². The van der Waals surface area contributed by atoms with Crippen molar-refractivity contribution < 1.29 is 9.90 Å². The Morgan fingerprint density at radius 1 is 1.56 bits per heavy atom. The van der Waals surface area contributed by atoms with Crippen LogP contribution in [0.5, 0.6) is 0 Å². The molecule has 2 rings (SSSR count). The molecule has 0 amide bonds. The van der Waals surface area contributed by atoms with Crippen LogP contribution in [0.3, 0.4) is 0 Å². The van der Waals surface area contributed by atoms with Crippen LogP contribution in [0.1, 0.15) is 19.8 Å². The first kappa shape index (κ1) is 10.9. The molecule has 4 heteroatoms. The molecule has 1 atom stereocenters. The summed E-state index contributed by atoms with van der Waals surface area (Å²) in [6.07, 6.45) is 4.88. The number of pyridine rings is 1. The third kappa shape index (κ3) is 1.75. The summed E-state index contributed by atoms with van der Waals surface area (Å²) in [7, 11) is 0. The van der Waals surface area contributed by atoms with E-state index in [0.717, 1.165) is 18.7 Å². The van der Waals surface area contributed by atoms with Crippen LogP contribution < -0.4 is 4.90 Å². The van der Waals surface area contributed by atoms with Crippen LogP contribution in [-0.4, -0.2) is 29.1 Å². The van der Waals surface area contributed by atoms with E-state index in [-0.39, 0.29) is 0 Å². The normalized spacial score (nSPS) is 24.7. The van der Waals surface area contributed by atoms with Crippen molar-refractivity contribution in [1.82, 2.24) is 4.98 Å². The molecule has 1 aromatic heterocycles. The third-order valence-corrected chi connectivity index (χ3v) is 3.51. The monoisotopic (exact) mass is 220 g/mol. The number of carboxylic acids is 1.